The van der Waals surface area contributed by atoms with Crippen LogP contribution >= 0.6 is 11.6 Å². The average molecular weight is 214 g/mol. The Kier molecular flexibility index (Phi) is 3.78. The van der Waals surface area contributed by atoms with Crippen LogP contribution in [-0.4, -0.2) is 12.1 Å². The molecule has 0 spiro atoms. The summed E-state index contributed by atoms with van der Waals surface area (Å²) in [6, 6.07) is 7.33. The molecule has 1 aromatic carbocycles. The molecule has 0 radical (unpaired) electrons. The quantitative estimate of drug-likeness (QED) is 0.835. The van der Waals surface area contributed by atoms with Gasteiger partial charge in [0.2, 0.25) is 0 Å². The molecule has 2 nitrogen and oxygen atoms in total. The Morgan fingerprint density at radius 3 is 2.36 bits per heavy atom. The van der Waals surface area contributed by atoms with Crippen molar-refractivity contribution in [2.45, 2.75) is 25.8 Å². The molecule has 2 N–H and O–H groups in total. The molecule has 0 aliphatic carbocycles. The van der Waals surface area contributed by atoms with E-state index in [1.165, 1.54) is 0 Å². The first-order valence-electron chi connectivity index (χ1n) is 4.65. The summed E-state index contributed by atoms with van der Waals surface area (Å²) in [5.74, 6) is 0.832. The third-order valence-electron chi connectivity index (χ3n) is 1.83. The lowest BCUT2D eigenvalue weighted by atomic mass is 10.0. The molecule has 0 fully saturated rings. The molecule has 0 bridgehead atoms. The van der Waals surface area contributed by atoms with Gasteiger partial charge in [0.25, 0.3) is 0 Å². The van der Waals surface area contributed by atoms with Crippen LogP contribution in [0.4, 0.5) is 0 Å². The second-order valence-corrected chi connectivity index (χ2v) is 4.48. The number of hydrogen-bond donors (Lipinski definition) is 1. The first kappa shape index (κ1) is 11.3. The lowest BCUT2D eigenvalue weighted by molar-refractivity contribution is 0.274. The molecule has 0 aliphatic heterocycles. The zero-order valence-electron chi connectivity index (χ0n) is 8.59. The van der Waals surface area contributed by atoms with Crippen LogP contribution in [0.15, 0.2) is 24.3 Å². The third kappa shape index (κ3) is 4.49. The average Bonchev–Trinajstić information content (AvgIpc) is 2.06. The van der Waals surface area contributed by atoms with Crippen molar-refractivity contribution >= 4 is 11.6 Å². The fraction of sp³-hybridized carbons (Fsp3) is 0.455. The van der Waals surface area contributed by atoms with Crippen molar-refractivity contribution < 1.29 is 4.74 Å². The van der Waals surface area contributed by atoms with Crippen LogP contribution in [-0.2, 0) is 0 Å². The van der Waals surface area contributed by atoms with Gasteiger partial charge in [-0.25, -0.2) is 0 Å². The van der Waals surface area contributed by atoms with E-state index in [-0.39, 0.29) is 5.54 Å². The molecule has 0 atom stereocenters. The van der Waals surface area contributed by atoms with E-state index in [0.717, 1.165) is 17.2 Å². The van der Waals surface area contributed by atoms with Gasteiger partial charge in [0.15, 0.2) is 0 Å². The molecule has 0 saturated carbocycles. The van der Waals surface area contributed by atoms with Crippen molar-refractivity contribution in [3.63, 3.8) is 0 Å². The van der Waals surface area contributed by atoms with Gasteiger partial charge in [0, 0.05) is 10.6 Å². The minimum absolute atomic E-state index is 0.174. The summed E-state index contributed by atoms with van der Waals surface area (Å²) in [6.07, 6.45) is 0.829. The van der Waals surface area contributed by atoms with Gasteiger partial charge in [-0.2, -0.15) is 0 Å². The molecular formula is C11H16ClNO. The van der Waals surface area contributed by atoms with Gasteiger partial charge in [0.05, 0.1) is 6.61 Å². The van der Waals surface area contributed by atoms with Crippen LogP contribution in [0.3, 0.4) is 0 Å². The van der Waals surface area contributed by atoms with Crippen LogP contribution in [0, 0.1) is 0 Å². The maximum Gasteiger partial charge on any atom is 0.119 e. The predicted molar refractivity (Wildman–Crippen MR) is 59.8 cm³/mol. The number of ether oxygens (including phenoxy) is 1. The van der Waals surface area contributed by atoms with Gasteiger partial charge in [-0.3, -0.25) is 0 Å². The first-order valence-corrected chi connectivity index (χ1v) is 5.02. The smallest absolute Gasteiger partial charge is 0.119 e. The second kappa shape index (κ2) is 4.67. The van der Waals surface area contributed by atoms with E-state index in [2.05, 4.69) is 0 Å². The summed E-state index contributed by atoms with van der Waals surface area (Å²) in [5.41, 5.74) is 5.65. The highest BCUT2D eigenvalue weighted by Gasteiger charge is 2.09. The molecular weight excluding hydrogens is 198 g/mol. The fourth-order valence-corrected chi connectivity index (χ4v) is 1.09. The number of rotatable bonds is 4. The molecule has 0 unspecified atom stereocenters. The topological polar surface area (TPSA) is 35.2 Å². The monoisotopic (exact) mass is 213 g/mol. The van der Waals surface area contributed by atoms with E-state index >= 15 is 0 Å². The summed E-state index contributed by atoms with van der Waals surface area (Å²) >= 11 is 5.74. The SMILES string of the molecule is CC(C)(N)CCOc1ccc(Cl)cc1. The van der Waals surface area contributed by atoms with Crippen LogP contribution in [0.25, 0.3) is 0 Å². The van der Waals surface area contributed by atoms with Gasteiger partial charge in [0.1, 0.15) is 5.75 Å². The Morgan fingerprint density at radius 2 is 1.86 bits per heavy atom. The fourth-order valence-electron chi connectivity index (χ4n) is 0.963. The molecule has 0 amide bonds. The molecule has 0 saturated heterocycles. The molecule has 3 heteroatoms. The Hall–Kier alpha value is -0.730. The van der Waals surface area contributed by atoms with Crippen LogP contribution in [0.5, 0.6) is 5.75 Å². The van der Waals surface area contributed by atoms with Crippen molar-refractivity contribution in [2.75, 3.05) is 6.61 Å². The first-order chi connectivity index (χ1) is 6.47. The third-order valence-corrected chi connectivity index (χ3v) is 2.08. The normalized spacial score (nSPS) is 11.4. The van der Waals surface area contributed by atoms with Gasteiger partial charge >= 0.3 is 0 Å². The largest absolute Gasteiger partial charge is 0.494 e. The number of hydrogen-bond acceptors (Lipinski definition) is 2. The summed E-state index contributed by atoms with van der Waals surface area (Å²) in [4.78, 5) is 0. The predicted octanol–water partition coefficient (Wildman–Crippen LogP) is 2.85. The van der Waals surface area contributed by atoms with Crippen LogP contribution < -0.4 is 10.5 Å². The van der Waals surface area contributed by atoms with E-state index in [4.69, 9.17) is 22.1 Å². The van der Waals surface area contributed by atoms with Crippen LogP contribution in [0.2, 0.25) is 5.02 Å². The van der Waals surface area contributed by atoms with Crippen molar-refractivity contribution in [3.05, 3.63) is 29.3 Å². The van der Waals surface area contributed by atoms with E-state index in [9.17, 15) is 0 Å². The maximum absolute atomic E-state index is 5.82. The van der Waals surface area contributed by atoms with Crippen molar-refractivity contribution in [2.24, 2.45) is 5.73 Å². The Bertz CT molecular complexity index is 276. The zero-order chi connectivity index (χ0) is 10.6. The zero-order valence-corrected chi connectivity index (χ0v) is 9.34. The summed E-state index contributed by atoms with van der Waals surface area (Å²) in [5, 5.41) is 0.719. The minimum Gasteiger partial charge on any atom is -0.494 e. The van der Waals surface area contributed by atoms with Gasteiger partial charge < -0.3 is 10.5 Å². The number of halogens is 1. The summed E-state index contributed by atoms with van der Waals surface area (Å²) < 4.78 is 5.50. The Labute approximate surface area is 90.0 Å². The lowest BCUT2D eigenvalue weighted by Crippen LogP contribution is -2.33. The van der Waals surface area contributed by atoms with Gasteiger partial charge in [-0.05, 0) is 44.5 Å². The Balaban J connectivity index is 2.35. The van der Waals surface area contributed by atoms with Gasteiger partial charge in [-0.15, -0.1) is 0 Å². The second-order valence-electron chi connectivity index (χ2n) is 4.04. The summed E-state index contributed by atoms with van der Waals surface area (Å²) in [6.45, 7) is 4.60. The number of benzene rings is 1. The van der Waals surface area contributed by atoms with E-state index in [1.54, 1.807) is 0 Å². The molecule has 1 aromatic rings. The lowest BCUT2D eigenvalue weighted by Gasteiger charge is -2.18. The van der Waals surface area contributed by atoms with Crippen LogP contribution in [0.1, 0.15) is 20.3 Å². The van der Waals surface area contributed by atoms with Crippen molar-refractivity contribution in [1.82, 2.24) is 0 Å². The highest BCUT2D eigenvalue weighted by molar-refractivity contribution is 6.30. The highest BCUT2D eigenvalue weighted by Crippen LogP contribution is 2.16. The van der Waals surface area contributed by atoms with Crippen molar-refractivity contribution in [3.8, 4) is 5.75 Å². The molecule has 78 valence electrons. The molecule has 0 heterocycles. The van der Waals surface area contributed by atoms with E-state index in [0.29, 0.717) is 6.61 Å². The highest BCUT2D eigenvalue weighted by atomic mass is 35.5. The maximum atomic E-state index is 5.82. The molecule has 14 heavy (non-hydrogen) atoms. The van der Waals surface area contributed by atoms with E-state index < -0.39 is 0 Å². The van der Waals surface area contributed by atoms with E-state index in [1.807, 2.05) is 38.1 Å². The summed E-state index contributed by atoms with van der Waals surface area (Å²) in [7, 11) is 0. The molecule has 1 rings (SSSR count). The van der Waals surface area contributed by atoms with Gasteiger partial charge in [-0.1, -0.05) is 11.6 Å². The minimum atomic E-state index is -0.174. The number of nitrogens with two attached hydrogens (primary N) is 1. The molecule has 0 aliphatic rings. The Morgan fingerprint density at radius 1 is 1.29 bits per heavy atom. The molecule has 0 aromatic heterocycles. The standard InChI is InChI=1S/C11H16ClNO/c1-11(2,13)7-8-14-10-5-3-9(12)4-6-10/h3-6H,7-8,13H2,1-2H3. The van der Waals surface area contributed by atoms with Crippen molar-refractivity contribution in [1.29, 1.82) is 0 Å².